The molecule has 0 bridgehead atoms. The van der Waals surface area contributed by atoms with Crippen LogP contribution in [0.2, 0.25) is 0 Å². The molecular weight excluding hydrogens is 366 g/mol. The van der Waals surface area contributed by atoms with Crippen molar-refractivity contribution in [1.82, 2.24) is 9.55 Å². The Morgan fingerprint density at radius 3 is 2.74 bits per heavy atom. The highest BCUT2D eigenvalue weighted by Crippen LogP contribution is 2.23. The Labute approximate surface area is 159 Å². The number of fused-ring (bicyclic) bond motifs is 1. The second-order valence-electron chi connectivity index (χ2n) is 6.27. The van der Waals surface area contributed by atoms with Crippen molar-refractivity contribution >= 4 is 39.1 Å². The minimum atomic E-state index is -0.466. The molecule has 0 aliphatic carbocycles. The second-order valence-corrected chi connectivity index (χ2v) is 7.27. The fourth-order valence-corrected chi connectivity index (χ4v) is 3.44. The van der Waals surface area contributed by atoms with Crippen molar-refractivity contribution in [2.75, 3.05) is 5.32 Å². The monoisotopic (exact) mass is 385 g/mol. The van der Waals surface area contributed by atoms with Gasteiger partial charge in [0.2, 0.25) is 5.91 Å². The molecule has 0 spiro atoms. The third kappa shape index (κ3) is 4.22. The van der Waals surface area contributed by atoms with Crippen molar-refractivity contribution in [2.45, 2.75) is 33.4 Å². The standard InChI is InChI=1S/C19H19N3O4S/c1-11(2)26-18(25)16-12(3)20-19(27-16)21-15(23)10-22-9-8-13-6-4-5-7-14(13)17(22)24/h4-9,11H,10H2,1-3H3,(H,20,21,23). The minimum Gasteiger partial charge on any atom is -0.459 e. The molecule has 3 aromatic rings. The van der Waals surface area contributed by atoms with Gasteiger partial charge in [-0.05, 0) is 38.3 Å². The number of ether oxygens (including phenoxy) is 1. The maximum Gasteiger partial charge on any atom is 0.350 e. The van der Waals surface area contributed by atoms with Crippen molar-refractivity contribution < 1.29 is 14.3 Å². The number of rotatable bonds is 5. The van der Waals surface area contributed by atoms with E-state index in [1.165, 1.54) is 4.57 Å². The van der Waals surface area contributed by atoms with Gasteiger partial charge < -0.3 is 14.6 Å². The number of nitrogens with one attached hydrogen (secondary N) is 1. The van der Waals surface area contributed by atoms with E-state index in [4.69, 9.17) is 4.74 Å². The lowest BCUT2D eigenvalue weighted by Gasteiger charge is -2.07. The first-order chi connectivity index (χ1) is 12.8. The van der Waals surface area contributed by atoms with Crippen LogP contribution in [0.25, 0.3) is 10.8 Å². The molecule has 1 amide bonds. The van der Waals surface area contributed by atoms with E-state index in [9.17, 15) is 14.4 Å². The zero-order chi connectivity index (χ0) is 19.6. The van der Waals surface area contributed by atoms with Gasteiger partial charge in [-0.1, -0.05) is 29.5 Å². The van der Waals surface area contributed by atoms with Crippen LogP contribution >= 0.6 is 11.3 Å². The van der Waals surface area contributed by atoms with Crippen LogP contribution in [-0.2, 0) is 16.1 Å². The number of carbonyl (C=O) groups excluding carboxylic acids is 2. The van der Waals surface area contributed by atoms with Gasteiger partial charge in [-0.2, -0.15) is 0 Å². The van der Waals surface area contributed by atoms with Gasteiger partial charge in [0, 0.05) is 11.6 Å². The summed E-state index contributed by atoms with van der Waals surface area (Å²) >= 11 is 1.05. The summed E-state index contributed by atoms with van der Waals surface area (Å²) in [5.41, 5.74) is 0.253. The summed E-state index contributed by atoms with van der Waals surface area (Å²) in [6.45, 7) is 5.06. The van der Waals surface area contributed by atoms with E-state index in [0.29, 0.717) is 21.1 Å². The molecule has 0 aliphatic rings. The van der Waals surface area contributed by atoms with Gasteiger partial charge >= 0.3 is 5.97 Å². The molecule has 1 N–H and O–H groups in total. The van der Waals surface area contributed by atoms with Gasteiger partial charge in [0.15, 0.2) is 5.13 Å². The third-order valence-electron chi connectivity index (χ3n) is 3.77. The van der Waals surface area contributed by atoms with Gasteiger partial charge in [-0.25, -0.2) is 9.78 Å². The lowest BCUT2D eigenvalue weighted by Crippen LogP contribution is -2.27. The maximum absolute atomic E-state index is 12.5. The van der Waals surface area contributed by atoms with Gasteiger partial charge in [-0.3, -0.25) is 9.59 Å². The summed E-state index contributed by atoms with van der Waals surface area (Å²) in [5.74, 6) is -0.865. The van der Waals surface area contributed by atoms with E-state index in [2.05, 4.69) is 10.3 Å². The van der Waals surface area contributed by atoms with Crippen LogP contribution in [0, 0.1) is 6.92 Å². The normalized spacial score (nSPS) is 11.0. The molecule has 0 saturated heterocycles. The van der Waals surface area contributed by atoms with Crippen LogP contribution in [-0.4, -0.2) is 27.5 Å². The predicted octanol–water partition coefficient (Wildman–Crippen LogP) is 2.97. The molecule has 0 saturated carbocycles. The third-order valence-corrected chi connectivity index (χ3v) is 4.82. The molecular formula is C19H19N3O4S. The number of pyridine rings is 1. The number of amides is 1. The molecule has 3 rings (SSSR count). The molecule has 0 radical (unpaired) electrons. The number of anilines is 1. The second kappa shape index (κ2) is 7.71. The Balaban J connectivity index is 1.74. The molecule has 27 heavy (non-hydrogen) atoms. The summed E-state index contributed by atoms with van der Waals surface area (Å²) in [6.07, 6.45) is 1.35. The largest absolute Gasteiger partial charge is 0.459 e. The van der Waals surface area contributed by atoms with Crippen molar-refractivity contribution in [1.29, 1.82) is 0 Å². The summed E-state index contributed by atoms with van der Waals surface area (Å²) in [6, 6.07) is 8.99. The van der Waals surface area contributed by atoms with Gasteiger partial charge in [0.05, 0.1) is 11.8 Å². The zero-order valence-corrected chi connectivity index (χ0v) is 16.0. The molecule has 1 aromatic carbocycles. The van der Waals surface area contributed by atoms with Crippen molar-refractivity contribution in [3.05, 3.63) is 57.5 Å². The molecule has 0 fully saturated rings. The predicted molar refractivity (Wildman–Crippen MR) is 104 cm³/mol. The fraction of sp³-hybridized carbons (Fsp3) is 0.263. The molecule has 8 heteroatoms. The lowest BCUT2D eigenvalue weighted by atomic mass is 10.2. The van der Waals surface area contributed by atoms with Crippen LogP contribution < -0.4 is 10.9 Å². The topological polar surface area (TPSA) is 90.3 Å². The zero-order valence-electron chi connectivity index (χ0n) is 15.2. The Morgan fingerprint density at radius 1 is 1.26 bits per heavy atom. The van der Waals surface area contributed by atoms with Gasteiger partial charge in [0.1, 0.15) is 11.4 Å². The molecule has 140 valence electrons. The van der Waals surface area contributed by atoms with E-state index in [0.717, 1.165) is 16.7 Å². The minimum absolute atomic E-state index is 0.145. The first kappa shape index (κ1) is 18.8. The number of benzene rings is 1. The summed E-state index contributed by atoms with van der Waals surface area (Å²) < 4.78 is 6.50. The van der Waals surface area contributed by atoms with E-state index in [1.54, 1.807) is 45.2 Å². The summed E-state index contributed by atoms with van der Waals surface area (Å²) in [5, 5.41) is 4.30. The van der Waals surface area contributed by atoms with Gasteiger partial charge in [-0.15, -0.1) is 0 Å². The molecule has 0 atom stereocenters. The number of aryl methyl sites for hydroxylation is 1. The van der Waals surface area contributed by atoms with E-state index >= 15 is 0 Å². The average molecular weight is 385 g/mol. The summed E-state index contributed by atoms with van der Waals surface area (Å²) in [4.78, 5) is 41.4. The highest BCUT2D eigenvalue weighted by Gasteiger charge is 2.19. The number of carbonyl (C=O) groups is 2. The average Bonchev–Trinajstić information content (AvgIpc) is 2.97. The fourth-order valence-electron chi connectivity index (χ4n) is 2.57. The van der Waals surface area contributed by atoms with Gasteiger partial charge in [0.25, 0.3) is 5.56 Å². The maximum atomic E-state index is 12.5. The number of thiazole rings is 1. The smallest absolute Gasteiger partial charge is 0.350 e. The highest BCUT2D eigenvalue weighted by atomic mass is 32.1. The molecule has 2 aromatic heterocycles. The van der Waals surface area contributed by atoms with Crippen LogP contribution in [0.5, 0.6) is 0 Å². The van der Waals surface area contributed by atoms with E-state index < -0.39 is 11.9 Å². The highest BCUT2D eigenvalue weighted by molar-refractivity contribution is 7.17. The Morgan fingerprint density at radius 2 is 2.00 bits per heavy atom. The SMILES string of the molecule is Cc1nc(NC(=O)Cn2ccc3ccccc3c2=O)sc1C(=O)OC(C)C. The molecule has 0 unspecified atom stereocenters. The van der Waals surface area contributed by atoms with Crippen LogP contribution in [0.3, 0.4) is 0 Å². The quantitative estimate of drug-likeness (QED) is 0.682. The van der Waals surface area contributed by atoms with Crippen LogP contribution in [0.1, 0.15) is 29.2 Å². The van der Waals surface area contributed by atoms with Crippen molar-refractivity contribution in [3.63, 3.8) is 0 Å². The van der Waals surface area contributed by atoms with Crippen molar-refractivity contribution in [3.8, 4) is 0 Å². The van der Waals surface area contributed by atoms with Crippen LogP contribution in [0.4, 0.5) is 5.13 Å². The Bertz CT molecular complexity index is 1070. The lowest BCUT2D eigenvalue weighted by molar-refractivity contribution is -0.116. The number of hydrogen-bond acceptors (Lipinski definition) is 6. The van der Waals surface area contributed by atoms with Crippen LogP contribution in [0.15, 0.2) is 41.3 Å². The molecule has 0 aliphatic heterocycles. The molecule has 7 nitrogen and oxygen atoms in total. The molecule has 2 heterocycles. The van der Waals surface area contributed by atoms with E-state index in [1.807, 2.05) is 12.1 Å². The summed E-state index contributed by atoms with van der Waals surface area (Å²) in [7, 11) is 0. The van der Waals surface area contributed by atoms with E-state index in [-0.39, 0.29) is 18.2 Å². The Kier molecular flexibility index (Phi) is 5.36. The van der Waals surface area contributed by atoms with Crippen molar-refractivity contribution in [2.24, 2.45) is 0 Å². The number of esters is 1. The first-order valence-electron chi connectivity index (χ1n) is 8.41. The number of hydrogen-bond donors (Lipinski definition) is 1. The number of aromatic nitrogens is 2. The first-order valence-corrected chi connectivity index (χ1v) is 9.23. The number of nitrogens with zero attached hydrogens (tertiary/aromatic N) is 2. The Hall–Kier alpha value is -3.00.